The molecule has 0 atom stereocenters. The zero-order valence-electron chi connectivity index (χ0n) is 42.8. The molecule has 0 bridgehead atoms. The third kappa shape index (κ3) is 8.30. The Bertz CT molecular complexity index is 4300. The van der Waals surface area contributed by atoms with E-state index in [1.165, 1.54) is 60.3 Å². The molecule has 3 heteroatoms. The highest BCUT2D eigenvalue weighted by Gasteiger charge is 2.21. The molecule has 0 fully saturated rings. The summed E-state index contributed by atoms with van der Waals surface area (Å²) in [5.41, 5.74) is 24.3. The van der Waals surface area contributed by atoms with Crippen LogP contribution in [-0.4, -0.2) is 14.8 Å². The lowest BCUT2D eigenvalue weighted by Gasteiger charge is -2.20. The molecule has 0 saturated carbocycles. The predicted octanol–water partition coefficient (Wildman–Crippen LogP) is 19.6. The van der Waals surface area contributed by atoms with E-state index in [1.54, 1.807) is 0 Å². The molecule has 0 amide bonds. The SMILES string of the molecule is C\C1=C(c2ccccc2)/C=C(c2ccccc2-c2ccccc2-c2cc(-c3ccc4c(c3)c3ccccc3n4-c3ccccc3)cc(-c3ccc4c(c3)c3ccccc3n4-c3ccccc3)c2)\N=C(\c2ccccc2)CC1. The second kappa shape index (κ2) is 19.5. The lowest BCUT2D eigenvalue weighted by Crippen LogP contribution is -2.05. The highest BCUT2D eigenvalue weighted by Crippen LogP contribution is 2.44. The normalized spacial score (nSPS) is 15.3. The van der Waals surface area contributed by atoms with E-state index in [4.69, 9.17) is 4.99 Å². The van der Waals surface area contributed by atoms with Crippen LogP contribution in [0.2, 0.25) is 0 Å². The minimum atomic E-state index is 0.842. The maximum atomic E-state index is 5.66. The van der Waals surface area contributed by atoms with Crippen molar-refractivity contribution in [2.24, 2.45) is 4.99 Å². The van der Waals surface area contributed by atoms with Crippen molar-refractivity contribution in [3.05, 3.63) is 301 Å². The minimum Gasteiger partial charge on any atom is -0.309 e. The number of rotatable bonds is 9. The van der Waals surface area contributed by atoms with Crippen molar-refractivity contribution in [1.82, 2.24) is 9.13 Å². The van der Waals surface area contributed by atoms with Gasteiger partial charge in [-0.2, -0.15) is 0 Å². The van der Waals surface area contributed by atoms with Gasteiger partial charge in [0.2, 0.25) is 0 Å². The smallest absolute Gasteiger partial charge is 0.0717 e. The van der Waals surface area contributed by atoms with E-state index in [-0.39, 0.29) is 0 Å². The van der Waals surface area contributed by atoms with Gasteiger partial charge in [0.05, 0.1) is 27.8 Å². The second-order valence-corrected chi connectivity index (χ2v) is 20.2. The predicted molar refractivity (Wildman–Crippen MR) is 326 cm³/mol. The van der Waals surface area contributed by atoms with Crippen LogP contribution < -0.4 is 0 Å². The summed E-state index contributed by atoms with van der Waals surface area (Å²) in [6.45, 7) is 2.29. The Kier molecular flexibility index (Phi) is 11.6. The first-order valence-electron chi connectivity index (χ1n) is 26.7. The first kappa shape index (κ1) is 45.8. The summed E-state index contributed by atoms with van der Waals surface area (Å²) < 4.78 is 4.78. The van der Waals surface area contributed by atoms with Crippen LogP contribution in [0.4, 0.5) is 0 Å². The van der Waals surface area contributed by atoms with Crippen molar-refractivity contribution in [1.29, 1.82) is 0 Å². The topological polar surface area (TPSA) is 22.2 Å². The third-order valence-electron chi connectivity index (χ3n) is 15.6. The van der Waals surface area contributed by atoms with Crippen molar-refractivity contribution in [3.8, 4) is 55.9 Å². The van der Waals surface area contributed by atoms with Crippen LogP contribution in [0, 0.1) is 0 Å². The number of nitrogens with zero attached hydrogens (tertiary/aromatic N) is 3. The van der Waals surface area contributed by atoms with Crippen LogP contribution in [0.5, 0.6) is 0 Å². The zero-order valence-corrected chi connectivity index (χ0v) is 42.8. The summed E-state index contributed by atoms with van der Waals surface area (Å²) in [6, 6.07) is 99.6. The van der Waals surface area contributed by atoms with Crippen LogP contribution in [0.25, 0.3) is 111 Å². The summed E-state index contributed by atoms with van der Waals surface area (Å²) >= 11 is 0. The maximum absolute atomic E-state index is 5.66. The standard InChI is InChI=1S/C74H53N3/c1-50-38-41-69(52-24-8-3-9-25-52)75-70(49-66(50)51-22-6-2-7-23-51)63-33-17-16-32-62(63)61-31-15-14-30-60(61)57-45-55(53-39-42-73-67(47-53)64-34-18-20-36-71(64)76(73)58-26-10-4-11-27-58)44-56(46-57)54-40-43-74-68(48-54)65-35-19-21-37-72(65)77(74)59-28-12-5-13-29-59/h2-37,39-40,42-49H,38,41H2,1H3/b66-50-,70-49-,75-69+. The van der Waals surface area contributed by atoms with E-state index in [2.05, 4.69) is 295 Å². The Morgan fingerprint density at radius 1 is 0.299 bits per heavy atom. The molecule has 2 aromatic heterocycles. The molecule has 0 saturated heterocycles. The molecule has 3 heterocycles. The molecule has 0 spiro atoms. The lowest BCUT2D eigenvalue weighted by molar-refractivity contribution is 1.01. The van der Waals surface area contributed by atoms with E-state index >= 15 is 0 Å². The van der Waals surface area contributed by atoms with Crippen molar-refractivity contribution in [3.63, 3.8) is 0 Å². The number of hydrogen-bond acceptors (Lipinski definition) is 1. The Labute approximate surface area is 449 Å². The third-order valence-corrected chi connectivity index (χ3v) is 15.6. The largest absolute Gasteiger partial charge is 0.309 e. The Morgan fingerprint density at radius 3 is 1.26 bits per heavy atom. The average Bonchev–Trinajstić information content (AvgIpc) is 4.14. The molecule has 14 rings (SSSR count). The van der Waals surface area contributed by atoms with Crippen molar-refractivity contribution in [2.75, 3.05) is 0 Å². The van der Waals surface area contributed by atoms with Crippen LogP contribution in [0.1, 0.15) is 36.5 Å². The number of hydrogen-bond donors (Lipinski definition) is 0. The van der Waals surface area contributed by atoms with Crippen LogP contribution >= 0.6 is 0 Å². The Balaban J connectivity index is 0.983. The molecule has 1 aliphatic heterocycles. The molecule has 364 valence electrons. The van der Waals surface area contributed by atoms with Gasteiger partial charge in [0, 0.05) is 44.2 Å². The summed E-state index contributed by atoms with van der Waals surface area (Å²) in [7, 11) is 0. The van der Waals surface area contributed by atoms with Gasteiger partial charge in [-0.25, -0.2) is 0 Å². The molecule has 0 radical (unpaired) electrons. The Hall–Kier alpha value is -9.83. The fourth-order valence-electron chi connectivity index (χ4n) is 11.9. The fourth-order valence-corrected chi connectivity index (χ4v) is 11.9. The molecule has 0 aliphatic carbocycles. The van der Waals surface area contributed by atoms with Crippen molar-refractivity contribution >= 4 is 60.6 Å². The lowest BCUT2D eigenvalue weighted by atomic mass is 9.87. The van der Waals surface area contributed by atoms with E-state index in [0.29, 0.717) is 0 Å². The van der Waals surface area contributed by atoms with Gasteiger partial charge < -0.3 is 9.13 Å². The number of para-hydroxylation sites is 4. The molecular weight excluding hydrogens is 931 g/mol. The average molecular weight is 984 g/mol. The van der Waals surface area contributed by atoms with Gasteiger partial charge in [0.1, 0.15) is 0 Å². The first-order chi connectivity index (χ1) is 38.1. The van der Waals surface area contributed by atoms with Gasteiger partial charge >= 0.3 is 0 Å². The minimum absolute atomic E-state index is 0.842. The summed E-state index contributed by atoms with van der Waals surface area (Å²) in [5.74, 6) is 0. The molecule has 11 aromatic carbocycles. The van der Waals surface area contributed by atoms with E-state index in [9.17, 15) is 0 Å². The van der Waals surface area contributed by atoms with Crippen molar-refractivity contribution in [2.45, 2.75) is 19.8 Å². The first-order valence-corrected chi connectivity index (χ1v) is 26.7. The summed E-state index contributed by atoms with van der Waals surface area (Å²) in [4.78, 5) is 5.66. The van der Waals surface area contributed by atoms with Gasteiger partial charge in [-0.15, -0.1) is 0 Å². The van der Waals surface area contributed by atoms with Crippen molar-refractivity contribution < 1.29 is 0 Å². The zero-order chi connectivity index (χ0) is 51.2. The summed E-state index contributed by atoms with van der Waals surface area (Å²) in [5, 5.41) is 4.91. The van der Waals surface area contributed by atoms with Gasteiger partial charge in [-0.3, -0.25) is 4.99 Å². The highest BCUT2D eigenvalue weighted by atomic mass is 15.0. The monoisotopic (exact) mass is 983 g/mol. The van der Waals surface area contributed by atoms with Crippen LogP contribution in [0.15, 0.2) is 290 Å². The van der Waals surface area contributed by atoms with Gasteiger partial charge in [0.15, 0.2) is 0 Å². The molecular formula is C74H53N3. The van der Waals surface area contributed by atoms with Gasteiger partial charge in [-0.1, -0.05) is 200 Å². The second-order valence-electron chi connectivity index (χ2n) is 20.2. The highest BCUT2D eigenvalue weighted by molar-refractivity contribution is 6.12. The van der Waals surface area contributed by atoms with E-state index < -0.39 is 0 Å². The van der Waals surface area contributed by atoms with E-state index in [1.807, 2.05) is 0 Å². The molecule has 3 nitrogen and oxygen atoms in total. The fraction of sp³-hybridized carbons (Fsp3) is 0.0405. The van der Waals surface area contributed by atoms with Crippen LogP contribution in [0.3, 0.4) is 0 Å². The number of benzene rings is 11. The maximum Gasteiger partial charge on any atom is 0.0717 e. The number of aromatic nitrogens is 2. The van der Waals surface area contributed by atoms with Gasteiger partial charge in [0.25, 0.3) is 0 Å². The summed E-state index contributed by atoms with van der Waals surface area (Å²) in [6.07, 6.45) is 4.10. The number of fused-ring (bicyclic) bond motifs is 6. The van der Waals surface area contributed by atoms with Gasteiger partial charge in [-0.05, 0) is 166 Å². The molecule has 77 heavy (non-hydrogen) atoms. The molecule has 1 aliphatic rings. The van der Waals surface area contributed by atoms with Crippen LogP contribution in [-0.2, 0) is 0 Å². The molecule has 0 unspecified atom stereocenters. The quantitative estimate of drug-likeness (QED) is 0.138. The Morgan fingerprint density at radius 2 is 0.714 bits per heavy atom. The molecule has 0 N–H and O–H groups in total. The van der Waals surface area contributed by atoms with E-state index in [0.717, 1.165) is 91.3 Å². The number of aliphatic imine (C=N–C) groups is 1. The number of allylic oxidation sites excluding steroid dienone is 3. The molecule has 13 aromatic rings.